The quantitative estimate of drug-likeness (QED) is 0.670. The van der Waals surface area contributed by atoms with Crippen LogP contribution < -0.4 is 5.32 Å². The molecule has 2 rings (SSSR count). The maximum Gasteiger partial charge on any atom is 0.240 e. The molecule has 0 aromatic heterocycles. The number of carbonyl (C=O) groups is 1. The van der Waals surface area contributed by atoms with Crippen LogP contribution in [0.4, 0.5) is 0 Å². The number of carbonyl (C=O) groups excluding carboxylic acids is 1. The Hall–Kier alpha value is -0.620. The maximum atomic E-state index is 12.1. The molecule has 1 amide bonds. The van der Waals surface area contributed by atoms with E-state index in [1.165, 1.54) is 0 Å². The third-order valence-corrected chi connectivity index (χ3v) is 5.11. The Morgan fingerprint density at radius 1 is 1.44 bits per heavy atom. The summed E-state index contributed by atoms with van der Waals surface area (Å²) in [6.07, 6.45) is 1.89. The van der Waals surface area contributed by atoms with Crippen LogP contribution in [0.15, 0.2) is 0 Å². The highest BCUT2D eigenvalue weighted by molar-refractivity contribution is 7.91. The number of sulfone groups is 1. The highest BCUT2D eigenvalue weighted by Crippen LogP contribution is 2.16. The van der Waals surface area contributed by atoms with Crippen LogP contribution in [0.5, 0.6) is 0 Å². The van der Waals surface area contributed by atoms with E-state index in [-0.39, 0.29) is 29.5 Å². The lowest BCUT2D eigenvalue weighted by Gasteiger charge is -2.34. The molecule has 0 bridgehead atoms. The Bertz CT molecular complexity index is 374. The molecule has 2 atom stereocenters. The van der Waals surface area contributed by atoms with Crippen molar-refractivity contribution in [2.45, 2.75) is 31.8 Å². The number of hydrogen-bond acceptors (Lipinski definition) is 4. The van der Waals surface area contributed by atoms with E-state index in [1.807, 2.05) is 6.92 Å². The number of nitrogens with zero attached hydrogens (tertiary/aromatic N) is 1. The SMILES string of the molecule is CC1CS(=O)(=O)CCN1C(=O)[C@H]1CCCN1. The van der Waals surface area contributed by atoms with Gasteiger partial charge >= 0.3 is 0 Å². The van der Waals surface area contributed by atoms with Gasteiger partial charge in [0.15, 0.2) is 9.84 Å². The van der Waals surface area contributed by atoms with E-state index in [0.717, 1.165) is 19.4 Å². The first-order chi connectivity index (χ1) is 7.49. The van der Waals surface area contributed by atoms with Gasteiger partial charge in [-0.05, 0) is 26.3 Å². The molecular weight excluding hydrogens is 228 g/mol. The van der Waals surface area contributed by atoms with Crippen molar-refractivity contribution in [3.05, 3.63) is 0 Å². The van der Waals surface area contributed by atoms with E-state index < -0.39 is 9.84 Å². The molecule has 16 heavy (non-hydrogen) atoms. The predicted octanol–water partition coefficient (Wildman–Crippen LogP) is -0.616. The van der Waals surface area contributed by atoms with Crippen molar-refractivity contribution in [1.82, 2.24) is 10.2 Å². The lowest BCUT2D eigenvalue weighted by atomic mass is 10.1. The van der Waals surface area contributed by atoms with Crippen LogP contribution in [0.2, 0.25) is 0 Å². The average molecular weight is 246 g/mol. The predicted molar refractivity (Wildman–Crippen MR) is 60.9 cm³/mol. The van der Waals surface area contributed by atoms with E-state index in [0.29, 0.717) is 6.54 Å². The minimum absolute atomic E-state index is 0.0694. The fraction of sp³-hybridized carbons (Fsp3) is 0.900. The number of amides is 1. The number of nitrogens with one attached hydrogen (secondary N) is 1. The van der Waals surface area contributed by atoms with Gasteiger partial charge in [-0.2, -0.15) is 0 Å². The minimum atomic E-state index is -2.94. The van der Waals surface area contributed by atoms with Crippen molar-refractivity contribution < 1.29 is 13.2 Å². The van der Waals surface area contributed by atoms with Gasteiger partial charge in [0.25, 0.3) is 0 Å². The summed E-state index contributed by atoms with van der Waals surface area (Å²) in [5.41, 5.74) is 0. The van der Waals surface area contributed by atoms with E-state index in [2.05, 4.69) is 5.32 Å². The van der Waals surface area contributed by atoms with Gasteiger partial charge in [0.05, 0.1) is 17.5 Å². The Kier molecular flexibility index (Phi) is 3.21. The van der Waals surface area contributed by atoms with E-state index in [9.17, 15) is 13.2 Å². The van der Waals surface area contributed by atoms with E-state index in [1.54, 1.807) is 4.90 Å². The summed E-state index contributed by atoms with van der Waals surface area (Å²) in [5, 5.41) is 3.15. The molecular formula is C10H18N2O3S. The smallest absolute Gasteiger partial charge is 0.240 e. The first kappa shape index (κ1) is 11.9. The monoisotopic (exact) mass is 246 g/mol. The molecule has 0 radical (unpaired) electrons. The van der Waals surface area contributed by atoms with Gasteiger partial charge < -0.3 is 10.2 Å². The van der Waals surface area contributed by atoms with Crippen molar-refractivity contribution in [2.24, 2.45) is 0 Å². The van der Waals surface area contributed by atoms with Crippen LogP contribution >= 0.6 is 0 Å². The summed E-state index contributed by atoms with van der Waals surface area (Å²) in [6.45, 7) is 3.04. The van der Waals surface area contributed by atoms with Crippen molar-refractivity contribution in [3.8, 4) is 0 Å². The molecule has 2 aliphatic heterocycles. The van der Waals surface area contributed by atoms with Crippen LogP contribution in [0.3, 0.4) is 0 Å². The van der Waals surface area contributed by atoms with Crippen LogP contribution in [-0.2, 0) is 14.6 Å². The lowest BCUT2D eigenvalue weighted by molar-refractivity contribution is -0.134. The molecule has 2 saturated heterocycles. The van der Waals surface area contributed by atoms with Crippen molar-refractivity contribution in [2.75, 3.05) is 24.6 Å². The first-order valence-electron chi connectivity index (χ1n) is 5.74. The topological polar surface area (TPSA) is 66.5 Å². The average Bonchev–Trinajstić information content (AvgIpc) is 2.68. The largest absolute Gasteiger partial charge is 0.337 e. The molecule has 6 heteroatoms. The molecule has 0 spiro atoms. The fourth-order valence-corrected chi connectivity index (χ4v) is 3.98. The van der Waals surface area contributed by atoms with Crippen molar-refractivity contribution in [3.63, 3.8) is 0 Å². The zero-order valence-corrected chi connectivity index (χ0v) is 10.3. The lowest BCUT2D eigenvalue weighted by Crippen LogP contribution is -2.54. The second-order valence-electron chi connectivity index (χ2n) is 4.64. The molecule has 92 valence electrons. The van der Waals surface area contributed by atoms with Crippen LogP contribution in [0, 0.1) is 0 Å². The normalized spacial score (nSPS) is 33.9. The van der Waals surface area contributed by atoms with E-state index >= 15 is 0 Å². The van der Waals surface area contributed by atoms with Gasteiger partial charge in [-0.25, -0.2) is 8.42 Å². The third kappa shape index (κ3) is 2.38. The van der Waals surface area contributed by atoms with Gasteiger partial charge in [-0.3, -0.25) is 4.79 Å². The van der Waals surface area contributed by atoms with Gasteiger partial charge in [0, 0.05) is 12.6 Å². The summed E-state index contributed by atoms with van der Waals surface area (Å²) >= 11 is 0. The molecule has 0 saturated carbocycles. The van der Waals surface area contributed by atoms with Gasteiger partial charge in [-0.1, -0.05) is 0 Å². The highest BCUT2D eigenvalue weighted by Gasteiger charge is 2.35. The zero-order valence-electron chi connectivity index (χ0n) is 9.48. The standard InChI is InChI=1S/C10H18N2O3S/c1-8-7-16(14,15)6-5-12(8)10(13)9-3-2-4-11-9/h8-9,11H,2-7H2,1H3/t8?,9-/m1/s1. The Morgan fingerprint density at radius 3 is 2.75 bits per heavy atom. The van der Waals surface area contributed by atoms with E-state index in [4.69, 9.17) is 0 Å². The maximum absolute atomic E-state index is 12.1. The van der Waals surface area contributed by atoms with Crippen LogP contribution in [0.25, 0.3) is 0 Å². The van der Waals surface area contributed by atoms with Gasteiger partial charge in [-0.15, -0.1) is 0 Å². The molecule has 0 aliphatic carbocycles. The fourth-order valence-electron chi connectivity index (χ4n) is 2.42. The molecule has 2 aliphatic rings. The van der Waals surface area contributed by atoms with Gasteiger partial charge in [0.2, 0.25) is 5.91 Å². The molecule has 0 aromatic carbocycles. The summed E-state index contributed by atoms with van der Waals surface area (Å²) in [5.74, 6) is 0.279. The third-order valence-electron chi connectivity index (χ3n) is 3.31. The Labute approximate surface area is 96.1 Å². The summed E-state index contributed by atoms with van der Waals surface area (Å²) in [6, 6.07) is -0.281. The minimum Gasteiger partial charge on any atom is -0.337 e. The molecule has 1 unspecified atom stereocenters. The molecule has 2 fully saturated rings. The summed E-state index contributed by atoms with van der Waals surface area (Å²) in [7, 11) is -2.94. The second kappa shape index (κ2) is 4.33. The molecule has 0 aromatic rings. The molecule has 2 heterocycles. The van der Waals surface area contributed by atoms with Crippen molar-refractivity contribution in [1.29, 1.82) is 0 Å². The molecule has 5 nitrogen and oxygen atoms in total. The van der Waals surface area contributed by atoms with Crippen molar-refractivity contribution >= 4 is 15.7 Å². The highest BCUT2D eigenvalue weighted by atomic mass is 32.2. The zero-order chi connectivity index (χ0) is 11.8. The second-order valence-corrected chi connectivity index (χ2v) is 6.87. The first-order valence-corrected chi connectivity index (χ1v) is 7.56. The number of rotatable bonds is 1. The van der Waals surface area contributed by atoms with Crippen LogP contribution in [-0.4, -0.2) is 55.9 Å². The molecule has 1 N–H and O–H groups in total. The van der Waals surface area contributed by atoms with Gasteiger partial charge in [0.1, 0.15) is 0 Å². The Balaban J connectivity index is 2.02. The summed E-state index contributed by atoms with van der Waals surface area (Å²) in [4.78, 5) is 13.8. The summed E-state index contributed by atoms with van der Waals surface area (Å²) < 4.78 is 22.8. The Morgan fingerprint density at radius 2 is 2.19 bits per heavy atom. The van der Waals surface area contributed by atoms with Crippen LogP contribution in [0.1, 0.15) is 19.8 Å². The number of hydrogen-bond donors (Lipinski definition) is 1.